The van der Waals surface area contributed by atoms with Gasteiger partial charge in [-0.25, -0.2) is 0 Å². The largest absolute Gasteiger partial charge is 0.417 e. The highest BCUT2D eigenvalue weighted by Gasteiger charge is 2.31. The Hall–Kier alpha value is -1.59. The molecule has 1 heterocycles. The first-order valence-electron chi connectivity index (χ1n) is 5.86. The van der Waals surface area contributed by atoms with Gasteiger partial charge in [0.25, 0.3) is 0 Å². The molecule has 110 valence electrons. The predicted octanol–water partition coefficient (Wildman–Crippen LogP) is 5.35. The molecule has 0 bridgehead atoms. The molecule has 1 aromatic carbocycles. The minimum Gasteiger partial charge on any atom is -0.259 e. The van der Waals surface area contributed by atoms with E-state index in [1.165, 1.54) is 6.21 Å². The SMILES string of the molecule is FC(F)(F)c1cnc(CC=Nc2ccccc2Cl)c(Cl)c1. The number of nitrogens with zero attached hydrogens (tertiary/aromatic N) is 2. The van der Waals surface area contributed by atoms with Crippen molar-refractivity contribution in [2.75, 3.05) is 0 Å². The van der Waals surface area contributed by atoms with E-state index in [0.29, 0.717) is 16.4 Å². The second kappa shape index (κ2) is 6.45. The molecular formula is C14H9Cl2F3N2. The molecule has 0 saturated carbocycles. The van der Waals surface area contributed by atoms with Crippen molar-refractivity contribution in [3.05, 3.63) is 57.8 Å². The van der Waals surface area contributed by atoms with Crippen molar-refractivity contribution < 1.29 is 13.2 Å². The highest BCUT2D eigenvalue weighted by Crippen LogP contribution is 2.31. The van der Waals surface area contributed by atoms with Crippen molar-refractivity contribution in [2.45, 2.75) is 12.6 Å². The quantitative estimate of drug-likeness (QED) is 0.695. The van der Waals surface area contributed by atoms with E-state index < -0.39 is 11.7 Å². The van der Waals surface area contributed by atoms with Crippen molar-refractivity contribution in [1.82, 2.24) is 4.98 Å². The Morgan fingerprint density at radius 2 is 1.86 bits per heavy atom. The molecule has 2 nitrogen and oxygen atoms in total. The molecule has 2 aromatic rings. The number of aliphatic imine (C=N–C) groups is 1. The maximum absolute atomic E-state index is 12.5. The molecule has 0 N–H and O–H groups in total. The van der Waals surface area contributed by atoms with Crippen LogP contribution >= 0.6 is 23.2 Å². The summed E-state index contributed by atoms with van der Waals surface area (Å²) in [6, 6.07) is 7.82. The van der Waals surface area contributed by atoms with Gasteiger partial charge in [0.15, 0.2) is 0 Å². The zero-order valence-corrected chi connectivity index (χ0v) is 12.0. The lowest BCUT2D eigenvalue weighted by Gasteiger charge is -2.07. The summed E-state index contributed by atoms with van der Waals surface area (Å²) in [6.07, 6.45) is -1.99. The summed E-state index contributed by atoms with van der Waals surface area (Å²) in [5, 5.41) is 0.440. The Bertz CT molecular complexity index is 670. The van der Waals surface area contributed by atoms with Crippen molar-refractivity contribution >= 4 is 35.1 Å². The molecule has 0 spiro atoms. The smallest absolute Gasteiger partial charge is 0.259 e. The molecule has 0 aliphatic rings. The third kappa shape index (κ3) is 4.19. The first-order chi connectivity index (χ1) is 9.88. The number of halogens is 5. The average Bonchev–Trinajstić information content (AvgIpc) is 2.41. The summed E-state index contributed by atoms with van der Waals surface area (Å²) in [5.74, 6) is 0. The van der Waals surface area contributed by atoms with Crippen LogP contribution in [0.5, 0.6) is 0 Å². The van der Waals surface area contributed by atoms with Gasteiger partial charge in [-0.3, -0.25) is 9.98 Å². The zero-order chi connectivity index (χ0) is 15.5. The summed E-state index contributed by atoms with van der Waals surface area (Å²) in [4.78, 5) is 7.86. The summed E-state index contributed by atoms with van der Waals surface area (Å²) in [5.41, 5.74) is 0.0157. The lowest BCUT2D eigenvalue weighted by Crippen LogP contribution is -2.06. The molecule has 21 heavy (non-hydrogen) atoms. The average molecular weight is 333 g/mol. The van der Waals surface area contributed by atoms with E-state index in [1.807, 2.05) is 0 Å². The fourth-order valence-corrected chi connectivity index (χ4v) is 1.99. The molecule has 0 amide bonds. The van der Waals surface area contributed by atoms with Crippen LogP contribution in [0.3, 0.4) is 0 Å². The van der Waals surface area contributed by atoms with Gasteiger partial charge in [0.1, 0.15) is 0 Å². The van der Waals surface area contributed by atoms with Crippen LogP contribution in [0.2, 0.25) is 10.0 Å². The second-order valence-corrected chi connectivity index (χ2v) is 4.93. The highest BCUT2D eigenvalue weighted by atomic mass is 35.5. The van der Waals surface area contributed by atoms with Crippen LogP contribution in [0.15, 0.2) is 41.5 Å². The van der Waals surface area contributed by atoms with Gasteiger partial charge in [-0.2, -0.15) is 13.2 Å². The summed E-state index contributed by atoms with van der Waals surface area (Å²) in [7, 11) is 0. The van der Waals surface area contributed by atoms with Crippen LogP contribution < -0.4 is 0 Å². The first kappa shape index (κ1) is 15.8. The minimum absolute atomic E-state index is 0.0459. The zero-order valence-electron chi connectivity index (χ0n) is 10.5. The van der Waals surface area contributed by atoms with E-state index in [9.17, 15) is 13.2 Å². The maximum atomic E-state index is 12.5. The van der Waals surface area contributed by atoms with E-state index in [1.54, 1.807) is 24.3 Å². The molecule has 0 radical (unpaired) electrons. The monoisotopic (exact) mass is 332 g/mol. The van der Waals surface area contributed by atoms with Crippen LogP contribution in [0.4, 0.5) is 18.9 Å². The van der Waals surface area contributed by atoms with E-state index in [2.05, 4.69) is 9.98 Å². The number of alkyl halides is 3. The van der Waals surface area contributed by atoms with Gasteiger partial charge in [0.05, 0.1) is 27.0 Å². The van der Waals surface area contributed by atoms with Crippen molar-refractivity contribution in [3.8, 4) is 0 Å². The van der Waals surface area contributed by atoms with Crippen molar-refractivity contribution in [2.24, 2.45) is 4.99 Å². The van der Waals surface area contributed by atoms with Crippen LogP contribution in [0, 0.1) is 0 Å². The number of aromatic nitrogens is 1. The number of hydrogen-bond donors (Lipinski definition) is 0. The minimum atomic E-state index is -4.46. The van der Waals surface area contributed by atoms with E-state index >= 15 is 0 Å². The number of para-hydroxylation sites is 1. The van der Waals surface area contributed by atoms with E-state index in [0.717, 1.165) is 12.3 Å². The second-order valence-electron chi connectivity index (χ2n) is 4.12. The number of pyridine rings is 1. The van der Waals surface area contributed by atoms with Gasteiger partial charge in [0.2, 0.25) is 0 Å². The molecule has 0 fully saturated rings. The van der Waals surface area contributed by atoms with Gasteiger partial charge in [-0.1, -0.05) is 35.3 Å². The standard InChI is InChI=1S/C14H9Cl2F3N2/c15-10-3-1-2-4-12(10)20-6-5-13-11(16)7-9(8-21-13)14(17,18)19/h1-4,6-8H,5H2. The van der Waals surface area contributed by atoms with Crippen LogP contribution in [-0.4, -0.2) is 11.2 Å². The van der Waals surface area contributed by atoms with Gasteiger partial charge < -0.3 is 0 Å². The van der Waals surface area contributed by atoms with Crippen molar-refractivity contribution in [1.29, 1.82) is 0 Å². The Balaban J connectivity index is 2.12. The number of hydrogen-bond acceptors (Lipinski definition) is 2. The van der Waals surface area contributed by atoms with Crippen LogP contribution in [0.1, 0.15) is 11.3 Å². The molecule has 0 aliphatic carbocycles. The van der Waals surface area contributed by atoms with Crippen molar-refractivity contribution in [3.63, 3.8) is 0 Å². The molecule has 0 saturated heterocycles. The van der Waals surface area contributed by atoms with E-state index in [-0.39, 0.29) is 11.4 Å². The number of rotatable bonds is 3. The molecule has 7 heteroatoms. The Kier molecular flexibility index (Phi) is 4.85. The Labute approximate surface area is 129 Å². The topological polar surface area (TPSA) is 25.2 Å². The molecule has 1 aromatic heterocycles. The number of benzene rings is 1. The van der Waals surface area contributed by atoms with Gasteiger partial charge in [-0.05, 0) is 18.2 Å². The highest BCUT2D eigenvalue weighted by molar-refractivity contribution is 6.33. The molecule has 0 unspecified atom stereocenters. The van der Waals surface area contributed by atoms with Crippen LogP contribution in [0.25, 0.3) is 0 Å². The Morgan fingerprint density at radius 3 is 2.48 bits per heavy atom. The van der Waals surface area contributed by atoms with E-state index in [4.69, 9.17) is 23.2 Å². The molecule has 0 atom stereocenters. The molecule has 2 rings (SSSR count). The third-order valence-electron chi connectivity index (χ3n) is 2.61. The maximum Gasteiger partial charge on any atom is 0.417 e. The van der Waals surface area contributed by atoms with Gasteiger partial charge in [0, 0.05) is 18.8 Å². The fourth-order valence-electron chi connectivity index (χ4n) is 1.56. The molecule has 0 aliphatic heterocycles. The normalized spacial score (nSPS) is 12.0. The summed E-state index contributed by atoms with van der Waals surface area (Å²) in [6.45, 7) is 0. The van der Waals surface area contributed by atoms with Crippen LogP contribution in [-0.2, 0) is 12.6 Å². The third-order valence-corrected chi connectivity index (χ3v) is 3.26. The summed E-state index contributed by atoms with van der Waals surface area (Å²) >= 11 is 11.7. The fraction of sp³-hybridized carbons (Fsp3) is 0.143. The predicted molar refractivity (Wildman–Crippen MR) is 77.6 cm³/mol. The Morgan fingerprint density at radius 1 is 1.14 bits per heavy atom. The summed E-state index contributed by atoms with van der Waals surface area (Å²) < 4.78 is 37.4. The first-order valence-corrected chi connectivity index (χ1v) is 6.62. The lowest BCUT2D eigenvalue weighted by atomic mass is 10.2. The molecular weight excluding hydrogens is 324 g/mol. The van der Waals surface area contributed by atoms with Gasteiger partial charge >= 0.3 is 6.18 Å². The lowest BCUT2D eigenvalue weighted by molar-refractivity contribution is -0.137. The van der Waals surface area contributed by atoms with Gasteiger partial charge in [-0.15, -0.1) is 0 Å².